The molecular weight excluding hydrogens is 212 g/mol. The molecule has 2 aromatic rings. The second kappa shape index (κ2) is 4.67. The Kier molecular flexibility index (Phi) is 3.24. The minimum Gasteiger partial charge on any atom is -0.367 e. The minimum absolute atomic E-state index is 0.0385. The Hall–Kier alpha value is -1.68. The molecule has 0 saturated heterocycles. The third-order valence-corrected chi connectivity index (χ3v) is 2.79. The van der Waals surface area contributed by atoms with Gasteiger partial charge in [-0.1, -0.05) is 13.8 Å². The number of H-pyrrole nitrogens is 1. The summed E-state index contributed by atoms with van der Waals surface area (Å²) >= 11 is 0. The predicted octanol–water partition coefficient (Wildman–Crippen LogP) is 2.00. The van der Waals surface area contributed by atoms with Crippen LogP contribution in [-0.4, -0.2) is 21.5 Å². The van der Waals surface area contributed by atoms with Crippen molar-refractivity contribution in [1.82, 2.24) is 15.0 Å². The van der Waals surface area contributed by atoms with Crippen LogP contribution in [0.25, 0.3) is 11.3 Å². The van der Waals surface area contributed by atoms with Gasteiger partial charge >= 0.3 is 0 Å². The van der Waals surface area contributed by atoms with E-state index in [1.54, 1.807) is 6.20 Å². The van der Waals surface area contributed by atoms with Crippen LogP contribution in [0.4, 0.5) is 0 Å². The van der Waals surface area contributed by atoms with E-state index in [1.165, 1.54) is 0 Å². The van der Waals surface area contributed by atoms with Crippen LogP contribution in [0.3, 0.4) is 0 Å². The van der Waals surface area contributed by atoms with Gasteiger partial charge in [0, 0.05) is 30.6 Å². The van der Waals surface area contributed by atoms with Gasteiger partial charge in [-0.15, -0.1) is 0 Å². The van der Waals surface area contributed by atoms with Gasteiger partial charge in [-0.05, 0) is 24.1 Å². The Labute approximate surface area is 101 Å². The normalized spacial score (nSPS) is 11.7. The highest BCUT2D eigenvalue weighted by molar-refractivity contribution is 5.57. The first-order chi connectivity index (χ1) is 8.11. The number of rotatable bonds is 4. The van der Waals surface area contributed by atoms with Crippen molar-refractivity contribution in [2.45, 2.75) is 20.3 Å². The number of nitrogens with two attached hydrogens (primary N) is 1. The fourth-order valence-electron chi connectivity index (χ4n) is 1.63. The summed E-state index contributed by atoms with van der Waals surface area (Å²) in [4.78, 5) is 11.9. The molecule has 0 aliphatic rings. The van der Waals surface area contributed by atoms with Gasteiger partial charge in [0.05, 0.1) is 5.69 Å². The molecular formula is C13H18N4. The molecule has 0 amide bonds. The second-order valence-electron chi connectivity index (χ2n) is 5.00. The third kappa shape index (κ3) is 2.91. The Balaban J connectivity index is 2.23. The first kappa shape index (κ1) is 11.8. The van der Waals surface area contributed by atoms with Crippen molar-refractivity contribution in [2.24, 2.45) is 11.1 Å². The zero-order valence-corrected chi connectivity index (χ0v) is 10.3. The van der Waals surface area contributed by atoms with Crippen molar-refractivity contribution in [3.63, 3.8) is 0 Å². The van der Waals surface area contributed by atoms with E-state index < -0.39 is 0 Å². The van der Waals surface area contributed by atoms with Crippen molar-refractivity contribution in [3.05, 3.63) is 36.5 Å². The standard InChI is InChI=1S/C13H18N4/c1-13(2,9-14)7-12-16-6-4-11(17-12)10-3-5-15-8-10/h3-6,8,15H,7,9,14H2,1-2H3. The number of aromatic amines is 1. The molecule has 0 saturated carbocycles. The summed E-state index contributed by atoms with van der Waals surface area (Å²) in [5, 5.41) is 0. The van der Waals surface area contributed by atoms with Crippen LogP contribution in [0.2, 0.25) is 0 Å². The van der Waals surface area contributed by atoms with Crippen molar-refractivity contribution in [1.29, 1.82) is 0 Å². The minimum atomic E-state index is 0.0385. The van der Waals surface area contributed by atoms with Crippen LogP contribution in [0, 0.1) is 5.41 Å². The van der Waals surface area contributed by atoms with Crippen LogP contribution in [0.15, 0.2) is 30.7 Å². The van der Waals surface area contributed by atoms with Gasteiger partial charge in [0.1, 0.15) is 5.82 Å². The largest absolute Gasteiger partial charge is 0.367 e. The van der Waals surface area contributed by atoms with Crippen molar-refractivity contribution >= 4 is 0 Å². The van der Waals surface area contributed by atoms with Gasteiger partial charge in [0.2, 0.25) is 0 Å². The summed E-state index contributed by atoms with van der Waals surface area (Å²) in [5.41, 5.74) is 7.80. The van der Waals surface area contributed by atoms with E-state index in [4.69, 9.17) is 5.73 Å². The molecule has 2 rings (SSSR count). The summed E-state index contributed by atoms with van der Waals surface area (Å²) in [7, 11) is 0. The highest BCUT2D eigenvalue weighted by Gasteiger charge is 2.18. The number of nitrogens with one attached hydrogen (secondary N) is 1. The van der Waals surface area contributed by atoms with E-state index >= 15 is 0 Å². The van der Waals surface area contributed by atoms with E-state index in [-0.39, 0.29) is 5.41 Å². The lowest BCUT2D eigenvalue weighted by Crippen LogP contribution is -2.26. The van der Waals surface area contributed by atoms with Gasteiger partial charge in [-0.3, -0.25) is 0 Å². The molecule has 2 heterocycles. The van der Waals surface area contributed by atoms with Gasteiger partial charge in [-0.25, -0.2) is 9.97 Å². The van der Waals surface area contributed by atoms with Crippen molar-refractivity contribution in [2.75, 3.05) is 6.54 Å². The van der Waals surface area contributed by atoms with Crippen LogP contribution in [-0.2, 0) is 6.42 Å². The predicted molar refractivity (Wildman–Crippen MR) is 68.4 cm³/mol. The summed E-state index contributed by atoms with van der Waals surface area (Å²) in [6.45, 7) is 4.88. The molecule has 4 heteroatoms. The van der Waals surface area contributed by atoms with E-state index in [2.05, 4.69) is 28.8 Å². The van der Waals surface area contributed by atoms with Crippen LogP contribution >= 0.6 is 0 Å². The smallest absolute Gasteiger partial charge is 0.129 e. The number of hydrogen-bond acceptors (Lipinski definition) is 3. The number of nitrogens with zero attached hydrogens (tertiary/aromatic N) is 2. The second-order valence-corrected chi connectivity index (χ2v) is 5.00. The van der Waals surface area contributed by atoms with E-state index in [0.717, 1.165) is 23.5 Å². The highest BCUT2D eigenvalue weighted by Crippen LogP contribution is 2.20. The average molecular weight is 230 g/mol. The van der Waals surface area contributed by atoms with E-state index in [9.17, 15) is 0 Å². The lowest BCUT2D eigenvalue weighted by molar-refractivity contribution is 0.368. The van der Waals surface area contributed by atoms with Crippen LogP contribution in [0.5, 0.6) is 0 Å². The molecule has 0 bridgehead atoms. The fourth-order valence-corrected chi connectivity index (χ4v) is 1.63. The first-order valence-electron chi connectivity index (χ1n) is 5.76. The molecule has 90 valence electrons. The SMILES string of the molecule is CC(C)(CN)Cc1nccc(-c2cc[nH]c2)n1. The molecule has 2 aromatic heterocycles. The quantitative estimate of drug-likeness (QED) is 0.844. The zero-order chi connectivity index (χ0) is 12.3. The Bertz CT molecular complexity index is 474. The van der Waals surface area contributed by atoms with Gasteiger partial charge < -0.3 is 10.7 Å². The maximum Gasteiger partial charge on any atom is 0.129 e. The molecule has 0 aliphatic heterocycles. The van der Waals surface area contributed by atoms with E-state index in [1.807, 2.05) is 24.5 Å². The topological polar surface area (TPSA) is 67.6 Å². The molecule has 0 atom stereocenters. The lowest BCUT2D eigenvalue weighted by atomic mass is 9.89. The Morgan fingerprint density at radius 2 is 2.18 bits per heavy atom. The molecule has 17 heavy (non-hydrogen) atoms. The summed E-state index contributed by atoms with van der Waals surface area (Å²) in [6, 6.07) is 3.92. The Morgan fingerprint density at radius 1 is 1.35 bits per heavy atom. The fraction of sp³-hybridized carbons (Fsp3) is 0.385. The molecule has 0 unspecified atom stereocenters. The summed E-state index contributed by atoms with van der Waals surface area (Å²) in [5.74, 6) is 0.846. The maximum atomic E-state index is 5.73. The number of hydrogen-bond donors (Lipinski definition) is 2. The monoisotopic (exact) mass is 230 g/mol. The summed E-state index contributed by atoms with van der Waals surface area (Å²) < 4.78 is 0. The molecule has 0 fully saturated rings. The van der Waals surface area contributed by atoms with Crippen LogP contribution < -0.4 is 5.73 Å². The molecule has 0 aliphatic carbocycles. The molecule has 4 nitrogen and oxygen atoms in total. The van der Waals surface area contributed by atoms with Crippen molar-refractivity contribution in [3.8, 4) is 11.3 Å². The van der Waals surface area contributed by atoms with E-state index in [0.29, 0.717) is 6.54 Å². The zero-order valence-electron chi connectivity index (χ0n) is 10.3. The van der Waals surface area contributed by atoms with Gasteiger partial charge in [0.25, 0.3) is 0 Å². The highest BCUT2D eigenvalue weighted by atomic mass is 14.9. The molecule has 0 aromatic carbocycles. The maximum absolute atomic E-state index is 5.73. The molecule has 0 radical (unpaired) electrons. The third-order valence-electron chi connectivity index (χ3n) is 2.79. The average Bonchev–Trinajstić information content (AvgIpc) is 2.82. The lowest BCUT2D eigenvalue weighted by Gasteiger charge is -2.21. The van der Waals surface area contributed by atoms with Gasteiger partial charge in [0.15, 0.2) is 0 Å². The molecule has 0 spiro atoms. The molecule has 3 N–H and O–H groups in total. The number of aromatic nitrogens is 3. The summed E-state index contributed by atoms with van der Waals surface area (Å²) in [6.07, 6.45) is 6.42. The van der Waals surface area contributed by atoms with Gasteiger partial charge in [-0.2, -0.15) is 0 Å². The van der Waals surface area contributed by atoms with Crippen molar-refractivity contribution < 1.29 is 0 Å². The first-order valence-corrected chi connectivity index (χ1v) is 5.76. The van der Waals surface area contributed by atoms with Crippen LogP contribution in [0.1, 0.15) is 19.7 Å². The Morgan fingerprint density at radius 3 is 2.82 bits per heavy atom.